The maximum absolute atomic E-state index is 12.1. The summed E-state index contributed by atoms with van der Waals surface area (Å²) in [6, 6.07) is 9.85. The zero-order chi connectivity index (χ0) is 13.5. The molecule has 1 atom stereocenters. The molecule has 1 saturated heterocycles. The Bertz CT molecular complexity index is 388. The monoisotopic (exact) mass is 263 g/mol. The highest BCUT2D eigenvalue weighted by molar-refractivity contribution is 5.78. The number of morpholine rings is 1. The summed E-state index contributed by atoms with van der Waals surface area (Å²) in [6.45, 7) is 6.20. The fourth-order valence-corrected chi connectivity index (χ4v) is 2.29. The van der Waals surface area contributed by atoms with Gasteiger partial charge in [0.2, 0.25) is 0 Å². The molecule has 19 heavy (non-hydrogen) atoms. The second kappa shape index (κ2) is 7.26. The van der Waals surface area contributed by atoms with Gasteiger partial charge in [-0.25, -0.2) is 0 Å². The van der Waals surface area contributed by atoms with Crippen LogP contribution in [0.15, 0.2) is 30.3 Å². The number of carbonyl (C=O) groups is 1. The van der Waals surface area contributed by atoms with Gasteiger partial charge in [0.25, 0.3) is 0 Å². The molecule has 0 spiro atoms. The van der Waals surface area contributed by atoms with E-state index in [1.54, 1.807) is 0 Å². The number of rotatable bonds is 5. The minimum Gasteiger partial charge on any atom is -0.465 e. The molecule has 1 aromatic rings. The van der Waals surface area contributed by atoms with Crippen molar-refractivity contribution in [1.82, 2.24) is 4.90 Å². The Kier molecular flexibility index (Phi) is 5.36. The van der Waals surface area contributed by atoms with Crippen molar-refractivity contribution < 1.29 is 14.3 Å². The Morgan fingerprint density at radius 3 is 2.63 bits per heavy atom. The van der Waals surface area contributed by atoms with Crippen LogP contribution in [0.25, 0.3) is 0 Å². The van der Waals surface area contributed by atoms with Gasteiger partial charge < -0.3 is 9.47 Å². The molecular formula is C15H21NO3. The molecular weight excluding hydrogens is 242 g/mol. The fraction of sp³-hybridized carbons (Fsp3) is 0.533. The fourth-order valence-electron chi connectivity index (χ4n) is 2.29. The van der Waals surface area contributed by atoms with Crippen molar-refractivity contribution >= 4 is 5.97 Å². The minimum absolute atomic E-state index is 0.139. The van der Waals surface area contributed by atoms with Crippen LogP contribution in [0.3, 0.4) is 0 Å². The molecule has 0 saturated carbocycles. The Labute approximate surface area is 114 Å². The average molecular weight is 263 g/mol. The molecule has 1 aliphatic rings. The SMILES string of the molecule is CCOC(=O)C(CN1CCOCC1)c1ccccc1. The van der Waals surface area contributed by atoms with Crippen molar-refractivity contribution in [2.75, 3.05) is 39.5 Å². The van der Waals surface area contributed by atoms with E-state index in [4.69, 9.17) is 9.47 Å². The van der Waals surface area contributed by atoms with E-state index in [0.717, 1.165) is 31.9 Å². The lowest BCUT2D eigenvalue weighted by atomic mass is 9.98. The molecule has 1 aromatic carbocycles. The second-order valence-corrected chi connectivity index (χ2v) is 4.63. The van der Waals surface area contributed by atoms with E-state index in [9.17, 15) is 4.79 Å². The van der Waals surface area contributed by atoms with Gasteiger partial charge in [-0.1, -0.05) is 30.3 Å². The van der Waals surface area contributed by atoms with Gasteiger partial charge in [-0.2, -0.15) is 0 Å². The summed E-state index contributed by atoms with van der Waals surface area (Å²) < 4.78 is 10.5. The van der Waals surface area contributed by atoms with Crippen molar-refractivity contribution in [3.8, 4) is 0 Å². The van der Waals surface area contributed by atoms with Gasteiger partial charge in [0.15, 0.2) is 0 Å². The molecule has 1 heterocycles. The molecule has 104 valence electrons. The Morgan fingerprint density at radius 2 is 2.00 bits per heavy atom. The number of esters is 1. The second-order valence-electron chi connectivity index (χ2n) is 4.63. The lowest BCUT2D eigenvalue weighted by molar-refractivity contribution is -0.145. The third-order valence-electron chi connectivity index (χ3n) is 3.32. The smallest absolute Gasteiger partial charge is 0.314 e. The van der Waals surface area contributed by atoms with Crippen LogP contribution in [0.2, 0.25) is 0 Å². The average Bonchev–Trinajstić information content (AvgIpc) is 2.47. The van der Waals surface area contributed by atoms with Crippen LogP contribution in [-0.4, -0.2) is 50.3 Å². The van der Waals surface area contributed by atoms with Crippen LogP contribution in [-0.2, 0) is 14.3 Å². The summed E-state index contributed by atoms with van der Waals surface area (Å²) in [5.74, 6) is -0.348. The maximum atomic E-state index is 12.1. The first-order valence-electron chi connectivity index (χ1n) is 6.83. The largest absolute Gasteiger partial charge is 0.465 e. The molecule has 1 aliphatic heterocycles. The summed E-state index contributed by atoms with van der Waals surface area (Å²) >= 11 is 0. The van der Waals surface area contributed by atoms with Crippen molar-refractivity contribution in [3.05, 3.63) is 35.9 Å². The third kappa shape index (κ3) is 4.04. The normalized spacial score (nSPS) is 17.9. The van der Waals surface area contributed by atoms with Gasteiger partial charge in [0, 0.05) is 19.6 Å². The van der Waals surface area contributed by atoms with E-state index in [1.807, 2.05) is 37.3 Å². The van der Waals surface area contributed by atoms with Crippen LogP contribution in [0.5, 0.6) is 0 Å². The molecule has 2 rings (SSSR count). The van der Waals surface area contributed by atoms with Crippen LogP contribution in [0.1, 0.15) is 18.4 Å². The first-order chi connectivity index (χ1) is 9.31. The molecule has 4 heteroatoms. The van der Waals surface area contributed by atoms with E-state index in [1.165, 1.54) is 0 Å². The molecule has 0 aromatic heterocycles. The van der Waals surface area contributed by atoms with E-state index in [2.05, 4.69) is 4.90 Å². The molecule has 0 bridgehead atoms. The summed E-state index contributed by atoms with van der Waals surface area (Å²) in [7, 11) is 0. The lowest BCUT2D eigenvalue weighted by Crippen LogP contribution is -2.40. The highest BCUT2D eigenvalue weighted by Crippen LogP contribution is 2.19. The molecule has 0 amide bonds. The van der Waals surface area contributed by atoms with Crippen molar-refractivity contribution in [1.29, 1.82) is 0 Å². The molecule has 1 unspecified atom stereocenters. The first-order valence-corrected chi connectivity index (χ1v) is 6.83. The molecule has 4 nitrogen and oxygen atoms in total. The van der Waals surface area contributed by atoms with Gasteiger partial charge in [-0.15, -0.1) is 0 Å². The minimum atomic E-state index is -0.209. The number of ether oxygens (including phenoxy) is 2. The predicted octanol–water partition coefficient (Wildman–Crippen LogP) is 1.67. The number of carbonyl (C=O) groups excluding carboxylic acids is 1. The van der Waals surface area contributed by atoms with Gasteiger partial charge in [0.05, 0.1) is 25.7 Å². The molecule has 0 aliphatic carbocycles. The standard InChI is InChI=1S/C15H21NO3/c1-2-19-15(17)14(13-6-4-3-5-7-13)12-16-8-10-18-11-9-16/h3-7,14H,2,8-12H2,1H3. The maximum Gasteiger partial charge on any atom is 0.314 e. The van der Waals surface area contributed by atoms with Gasteiger partial charge in [-0.05, 0) is 12.5 Å². The van der Waals surface area contributed by atoms with E-state index in [-0.39, 0.29) is 11.9 Å². The number of hydrogen-bond donors (Lipinski definition) is 0. The van der Waals surface area contributed by atoms with Crippen molar-refractivity contribution in [2.45, 2.75) is 12.8 Å². The number of benzene rings is 1. The predicted molar refractivity (Wildman–Crippen MR) is 73.1 cm³/mol. The van der Waals surface area contributed by atoms with Crippen molar-refractivity contribution in [3.63, 3.8) is 0 Å². The van der Waals surface area contributed by atoms with E-state index in [0.29, 0.717) is 13.2 Å². The lowest BCUT2D eigenvalue weighted by Gasteiger charge is -2.29. The molecule has 1 fully saturated rings. The number of nitrogens with zero attached hydrogens (tertiary/aromatic N) is 1. The van der Waals surface area contributed by atoms with Crippen LogP contribution in [0.4, 0.5) is 0 Å². The van der Waals surface area contributed by atoms with Gasteiger partial charge in [0.1, 0.15) is 0 Å². The summed E-state index contributed by atoms with van der Waals surface area (Å²) in [5, 5.41) is 0. The summed E-state index contributed by atoms with van der Waals surface area (Å²) in [6.07, 6.45) is 0. The van der Waals surface area contributed by atoms with Gasteiger partial charge in [-0.3, -0.25) is 9.69 Å². The highest BCUT2D eigenvalue weighted by Gasteiger charge is 2.25. The van der Waals surface area contributed by atoms with E-state index >= 15 is 0 Å². The quantitative estimate of drug-likeness (QED) is 0.757. The Hall–Kier alpha value is -1.39. The zero-order valence-electron chi connectivity index (χ0n) is 11.4. The highest BCUT2D eigenvalue weighted by atomic mass is 16.5. The Balaban J connectivity index is 2.07. The third-order valence-corrected chi connectivity index (χ3v) is 3.32. The topological polar surface area (TPSA) is 38.8 Å². The van der Waals surface area contributed by atoms with Gasteiger partial charge >= 0.3 is 5.97 Å². The van der Waals surface area contributed by atoms with Crippen LogP contribution in [0, 0.1) is 0 Å². The molecule has 0 N–H and O–H groups in total. The Morgan fingerprint density at radius 1 is 1.32 bits per heavy atom. The molecule has 0 radical (unpaired) electrons. The van der Waals surface area contributed by atoms with Crippen molar-refractivity contribution in [2.24, 2.45) is 0 Å². The van der Waals surface area contributed by atoms with Crippen LogP contribution < -0.4 is 0 Å². The zero-order valence-corrected chi connectivity index (χ0v) is 11.4. The number of hydrogen-bond acceptors (Lipinski definition) is 4. The summed E-state index contributed by atoms with van der Waals surface area (Å²) in [5.41, 5.74) is 1.02. The van der Waals surface area contributed by atoms with E-state index < -0.39 is 0 Å². The van der Waals surface area contributed by atoms with Crippen LogP contribution >= 0.6 is 0 Å². The summed E-state index contributed by atoms with van der Waals surface area (Å²) in [4.78, 5) is 14.4. The first kappa shape index (κ1) is 14.0.